The van der Waals surface area contributed by atoms with E-state index >= 15 is 0 Å². The van der Waals surface area contributed by atoms with Crippen molar-refractivity contribution < 1.29 is 14.3 Å². The molecule has 6 nitrogen and oxygen atoms in total. The average molecular weight is 410 g/mol. The standard InChI is InChI=1S/C22H20ClN3O3/c1-28-19-5-6-20(29-2)21-14(19)10-18(25-21)22(27)26-8-7-17-15(11-26)13-9-12(23)3-4-16(13)24-17/h3-6,9-10,24-25H,7-8,11H2,1-2H3. The van der Waals surface area contributed by atoms with Gasteiger partial charge in [0.15, 0.2) is 0 Å². The van der Waals surface area contributed by atoms with Crippen LogP contribution in [0.3, 0.4) is 0 Å². The van der Waals surface area contributed by atoms with Gasteiger partial charge in [0.25, 0.3) is 5.91 Å². The zero-order valence-corrected chi connectivity index (χ0v) is 16.9. The van der Waals surface area contributed by atoms with Crippen LogP contribution in [0.4, 0.5) is 0 Å². The first-order chi connectivity index (χ1) is 14.1. The summed E-state index contributed by atoms with van der Waals surface area (Å²) in [6.45, 7) is 1.19. The number of amides is 1. The first-order valence-corrected chi connectivity index (χ1v) is 9.79. The third-order valence-electron chi connectivity index (χ3n) is 5.61. The Kier molecular flexibility index (Phi) is 4.17. The van der Waals surface area contributed by atoms with Crippen molar-refractivity contribution in [2.45, 2.75) is 13.0 Å². The third-order valence-corrected chi connectivity index (χ3v) is 5.85. The van der Waals surface area contributed by atoms with Crippen LogP contribution in [-0.4, -0.2) is 41.5 Å². The number of hydrogen-bond donors (Lipinski definition) is 2. The molecule has 2 N–H and O–H groups in total. The van der Waals surface area contributed by atoms with Gasteiger partial charge in [-0.25, -0.2) is 0 Å². The van der Waals surface area contributed by atoms with E-state index in [1.807, 2.05) is 41.3 Å². The molecule has 0 bridgehead atoms. The van der Waals surface area contributed by atoms with E-state index in [1.54, 1.807) is 14.2 Å². The molecule has 0 radical (unpaired) electrons. The Labute approximate surface area is 172 Å². The number of halogens is 1. The molecule has 1 amide bonds. The molecule has 0 spiro atoms. The summed E-state index contributed by atoms with van der Waals surface area (Å²) in [5.74, 6) is 1.32. The highest BCUT2D eigenvalue weighted by Crippen LogP contribution is 2.34. The Morgan fingerprint density at radius 3 is 2.62 bits per heavy atom. The zero-order chi connectivity index (χ0) is 20.1. The molecule has 0 aliphatic carbocycles. The van der Waals surface area contributed by atoms with E-state index in [1.165, 1.54) is 5.69 Å². The van der Waals surface area contributed by atoms with Crippen molar-refractivity contribution in [2.24, 2.45) is 0 Å². The molecule has 5 rings (SSSR count). The van der Waals surface area contributed by atoms with Crippen molar-refractivity contribution in [1.82, 2.24) is 14.9 Å². The van der Waals surface area contributed by atoms with Gasteiger partial charge in [0.2, 0.25) is 0 Å². The van der Waals surface area contributed by atoms with Gasteiger partial charge in [-0.15, -0.1) is 0 Å². The summed E-state index contributed by atoms with van der Waals surface area (Å²) in [4.78, 5) is 21.8. The molecule has 0 unspecified atom stereocenters. The van der Waals surface area contributed by atoms with Crippen molar-refractivity contribution in [3.05, 3.63) is 58.4 Å². The van der Waals surface area contributed by atoms with Gasteiger partial charge in [-0.3, -0.25) is 4.79 Å². The molecule has 0 saturated carbocycles. The minimum atomic E-state index is -0.0488. The Hall–Kier alpha value is -3.12. The summed E-state index contributed by atoms with van der Waals surface area (Å²) in [7, 11) is 3.22. The van der Waals surface area contributed by atoms with Crippen molar-refractivity contribution in [3.8, 4) is 11.5 Å². The highest BCUT2D eigenvalue weighted by molar-refractivity contribution is 6.31. The normalized spacial score (nSPS) is 13.7. The van der Waals surface area contributed by atoms with Crippen LogP contribution < -0.4 is 9.47 Å². The molecule has 4 aromatic rings. The van der Waals surface area contributed by atoms with Crippen LogP contribution in [0.1, 0.15) is 21.7 Å². The number of fused-ring (bicyclic) bond motifs is 4. The van der Waals surface area contributed by atoms with Gasteiger partial charge in [-0.2, -0.15) is 0 Å². The molecule has 29 heavy (non-hydrogen) atoms. The molecule has 3 heterocycles. The number of carbonyl (C=O) groups is 1. The Morgan fingerprint density at radius 2 is 1.83 bits per heavy atom. The lowest BCUT2D eigenvalue weighted by Gasteiger charge is -2.27. The second-order valence-electron chi connectivity index (χ2n) is 7.19. The van der Waals surface area contributed by atoms with Gasteiger partial charge >= 0.3 is 0 Å². The Bertz CT molecular complexity index is 1220. The predicted octanol–water partition coefficient (Wildman–Crippen LogP) is 4.52. The first-order valence-electron chi connectivity index (χ1n) is 9.41. The van der Waals surface area contributed by atoms with Crippen molar-refractivity contribution >= 4 is 39.3 Å². The molecule has 148 valence electrons. The van der Waals surface area contributed by atoms with E-state index in [2.05, 4.69) is 9.97 Å². The fraction of sp³-hybridized carbons (Fsp3) is 0.227. The van der Waals surface area contributed by atoms with Crippen molar-refractivity contribution in [2.75, 3.05) is 20.8 Å². The molecule has 7 heteroatoms. The molecule has 1 aliphatic heterocycles. The van der Waals surface area contributed by atoms with Crippen LogP contribution in [0, 0.1) is 0 Å². The molecule has 0 fully saturated rings. The number of carbonyl (C=O) groups excluding carboxylic acids is 1. The van der Waals surface area contributed by atoms with Gasteiger partial charge in [0.05, 0.1) is 19.7 Å². The van der Waals surface area contributed by atoms with Crippen LogP contribution in [0.25, 0.3) is 21.8 Å². The number of nitrogens with zero attached hydrogens (tertiary/aromatic N) is 1. The van der Waals surface area contributed by atoms with Gasteiger partial charge in [0, 0.05) is 52.1 Å². The minimum Gasteiger partial charge on any atom is -0.496 e. The molecular formula is C22H20ClN3O3. The second kappa shape index (κ2) is 6.74. The van der Waals surface area contributed by atoms with Crippen molar-refractivity contribution in [3.63, 3.8) is 0 Å². The second-order valence-corrected chi connectivity index (χ2v) is 7.63. The summed E-state index contributed by atoms with van der Waals surface area (Å²) in [5.41, 5.74) is 4.63. The van der Waals surface area contributed by atoms with Crippen LogP contribution >= 0.6 is 11.6 Å². The SMILES string of the molecule is COc1ccc(OC)c2[nH]c(C(=O)N3CCc4[nH]c5ccc(Cl)cc5c4C3)cc12. The van der Waals surface area contributed by atoms with E-state index in [0.717, 1.165) is 33.8 Å². The predicted molar refractivity (Wildman–Crippen MR) is 113 cm³/mol. The Balaban J connectivity index is 1.52. The molecule has 0 saturated heterocycles. The summed E-state index contributed by atoms with van der Waals surface area (Å²) < 4.78 is 10.9. The van der Waals surface area contributed by atoms with E-state index in [9.17, 15) is 4.79 Å². The largest absolute Gasteiger partial charge is 0.496 e. The number of H-pyrrole nitrogens is 2. The summed E-state index contributed by atoms with van der Waals surface area (Å²) in [5, 5.41) is 2.59. The van der Waals surface area contributed by atoms with E-state index in [4.69, 9.17) is 21.1 Å². The first kappa shape index (κ1) is 17.9. The number of benzene rings is 2. The molecule has 1 aliphatic rings. The number of ether oxygens (including phenoxy) is 2. The smallest absolute Gasteiger partial charge is 0.270 e. The highest BCUT2D eigenvalue weighted by Gasteiger charge is 2.26. The molecule has 2 aromatic carbocycles. The summed E-state index contributed by atoms with van der Waals surface area (Å²) >= 11 is 6.19. The van der Waals surface area contributed by atoms with Crippen LogP contribution in [0.5, 0.6) is 11.5 Å². The molecule has 2 aromatic heterocycles. The lowest BCUT2D eigenvalue weighted by Crippen LogP contribution is -2.35. The monoisotopic (exact) mass is 409 g/mol. The fourth-order valence-electron chi connectivity index (χ4n) is 4.16. The van der Waals surface area contributed by atoms with Gasteiger partial charge in [-0.05, 0) is 36.4 Å². The molecular weight excluding hydrogens is 390 g/mol. The number of rotatable bonds is 3. The number of aromatic amines is 2. The van der Waals surface area contributed by atoms with Gasteiger partial charge in [0.1, 0.15) is 17.2 Å². The van der Waals surface area contributed by atoms with E-state index in [-0.39, 0.29) is 5.91 Å². The number of nitrogens with one attached hydrogen (secondary N) is 2. The lowest BCUT2D eigenvalue weighted by molar-refractivity contribution is 0.0730. The fourth-order valence-corrected chi connectivity index (χ4v) is 4.33. The molecule has 0 atom stereocenters. The maximum Gasteiger partial charge on any atom is 0.270 e. The number of hydrogen-bond acceptors (Lipinski definition) is 3. The van der Waals surface area contributed by atoms with Crippen LogP contribution in [-0.2, 0) is 13.0 Å². The van der Waals surface area contributed by atoms with Gasteiger partial charge in [-0.1, -0.05) is 11.6 Å². The lowest BCUT2D eigenvalue weighted by atomic mass is 10.0. The zero-order valence-electron chi connectivity index (χ0n) is 16.1. The quantitative estimate of drug-likeness (QED) is 0.522. The minimum absolute atomic E-state index is 0.0488. The summed E-state index contributed by atoms with van der Waals surface area (Å²) in [6, 6.07) is 11.3. The van der Waals surface area contributed by atoms with Gasteiger partial charge < -0.3 is 24.3 Å². The topological polar surface area (TPSA) is 70.3 Å². The average Bonchev–Trinajstić information content (AvgIpc) is 3.34. The van der Waals surface area contributed by atoms with E-state index < -0.39 is 0 Å². The third kappa shape index (κ3) is 2.83. The van der Waals surface area contributed by atoms with Crippen LogP contribution in [0.2, 0.25) is 5.02 Å². The number of methoxy groups -OCH3 is 2. The maximum atomic E-state index is 13.3. The van der Waals surface area contributed by atoms with Crippen LogP contribution in [0.15, 0.2) is 36.4 Å². The van der Waals surface area contributed by atoms with E-state index in [0.29, 0.717) is 35.3 Å². The highest BCUT2D eigenvalue weighted by atomic mass is 35.5. The number of aromatic nitrogens is 2. The Morgan fingerprint density at radius 1 is 1.03 bits per heavy atom. The summed E-state index contributed by atoms with van der Waals surface area (Å²) in [6.07, 6.45) is 0.778. The maximum absolute atomic E-state index is 13.3. The van der Waals surface area contributed by atoms with Crippen molar-refractivity contribution in [1.29, 1.82) is 0 Å².